The van der Waals surface area contributed by atoms with Gasteiger partial charge in [-0.1, -0.05) is 17.7 Å². The molecule has 2 aromatic carbocycles. The smallest absolute Gasteiger partial charge is 0.124 e. The lowest BCUT2D eigenvalue weighted by Crippen LogP contribution is -2.08. The summed E-state index contributed by atoms with van der Waals surface area (Å²) < 4.78 is 18.9. The van der Waals surface area contributed by atoms with Gasteiger partial charge in [0.05, 0.1) is 11.6 Å². The number of ether oxygens (including phenoxy) is 1. The molecular formula is C16H14ClFN2O. The zero-order chi connectivity index (χ0) is 15.4. The van der Waals surface area contributed by atoms with E-state index >= 15 is 0 Å². The van der Waals surface area contributed by atoms with Crippen LogP contribution < -0.4 is 10.5 Å². The van der Waals surface area contributed by atoms with Crippen LogP contribution in [0.3, 0.4) is 0 Å². The molecular weight excluding hydrogens is 291 g/mol. The number of halogens is 2. The van der Waals surface area contributed by atoms with Crippen molar-refractivity contribution in [3.8, 4) is 11.8 Å². The third-order valence-electron chi connectivity index (χ3n) is 3.03. The molecule has 1 atom stereocenters. The second-order valence-corrected chi connectivity index (χ2v) is 5.08. The Bertz CT molecular complexity index is 695. The Balaban J connectivity index is 2.19. The quantitative estimate of drug-likeness (QED) is 0.930. The van der Waals surface area contributed by atoms with Crippen LogP contribution in [0.5, 0.6) is 5.75 Å². The summed E-state index contributed by atoms with van der Waals surface area (Å²) in [5.74, 6) is 0.165. The van der Waals surface area contributed by atoms with Gasteiger partial charge in [0, 0.05) is 22.2 Å². The lowest BCUT2D eigenvalue weighted by molar-refractivity contribution is 0.301. The lowest BCUT2D eigenvalue weighted by atomic mass is 10.1. The van der Waals surface area contributed by atoms with Gasteiger partial charge in [-0.3, -0.25) is 0 Å². The second-order valence-electron chi connectivity index (χ2n) is 4.68. The zero-order valence-electron chi connectivity index (χ0n) is 11.4. The molecule has 0 fully saturated rings. The van der Waals surface area contributed by atoms with Crippen molar-refractivity contribution < 1.29 is 9.13 Å². The molecule has 0 aliphatic heterocycles. The first-order chi connectivity index (χ1) is 10.0. The molecule has 0 radical (unpaired) electrons. The number of benzene rings is 2. The number of nitriles is 1. The highest BCUT2D eigenvalue weighted by atomic mass is 35.5. The average molecular weight is 305 g/mol. The summed E-state index contributed by atoms with van der Waals surface area (Å²) in [6, 6.07) is 10.9. The minimum atomic E-state index is -0.356. The van der Waals surface area contributed by atoms with Gasteiger partial charge in [0.1, 0.15) is 18.2 Å². The van der Waals surface area contributed by atoms with Crippen LogP contribution in [0.4, 0.5) is 4.39 Å². The minimum absolute atomic E-state index is 0.218. The Morgan fingerprint density at radius 3 is 2.71 bits per heavy atom. The van der Waals surface area contributed by atoms with Gasteiger partial charge >= 0.3 is 0 Å². The van der Waals surface area contributed by atoms with Gasteiger partial charge in [-0.25, -0.2) is 4.39 Å². The van der Waals surface area contributed by atoms with E-state index in [1.54, 1.807) is 31.2 Å². The highest BCUT2D eigenvalue weighted by Crippen LogP contribution is 2.27. The van der Waals surface area contributed by atoms with Gasteiger partial charge < -0.3 is 10.5 Å². The standard InChI is InChI=1S/C16H14ClFN2O/c1-10(20)14-7-13(18)4-5-16(14)21-9-12-3-2-11(8-19)6-15(12)17/h2-7,10H,9,20H2,1H3/t10-/m0/s1. The molecule has 2 rings (SSSR count). The van der Waals surface area contributed by atoms with E-state index in [1.165, 1.54) is 12.1 Å². The third kappa shape index (κ3) is 3.72. The summed E-state index contributed by atoms with van der Waals surface area (Å²) >= 11 is 6.09. The van der Waals surface area contributed by atoms with Gasteiger partial charge in [-0.2, -0.15) is 5.26 Å². The van der Waals surface area contributed by atoms with Gasteiger partial charge in [-0.15, -0.1) is 0 Å². The molecule has 0 saturated heterocycles. The first-order valence-electron chi connectivity index (χ1n) is 6.37. The van der Waals surface area contributed by atoms with Crippen molar-refractivity contribution in [2.24, 2.45) is 5.73 Å². The molecule has 0 amide bonds. The van der Waals surface area contributed by atoms with E-state index in [9.17, 15) is 4.39 Å². The van der Waals surface area contributed by atoms with Crippen molar-refractivity contribution in [1.29, 1.82) is 5.26 Å². The second kappa shape index (κ2) is 6.57. The monoisotopic (exact) mass is 304 g/mol. The van der Waals surface area contributed by atoms with E-state index < -0.39 is 0 Å². The van der Waals surface area contributed by atoms with Crippen LogP contribution in [0.2, 0.25) is 5.02 Å². The van der Waals surface area contributed by atoms with Crippen LogP contribution in [0.25, 0.3) is 0 Å². The van der Waals surface area contributed by atoms with Crippen molar-refractivity contribution in [1.82, 2.24) is 0 Å². The van der Waals surface area contributed by atoms with Gasteiger partial charge in [0.2, 0.25) is 0 Å². The molecule has 0 aliphatic carbocycles. The molecule has 2 N–H and O–H groups in total. The largest absolute Gasteiger partial charge is 0.489 e. The number of hydrogen-bond acceptors (Lipinski definition) is 3. The van der Waals surface area contributed by atoms with Gasteiger partial charge in [0.25, 0.3) is 0 Å². The van der Waals surface area contributed by atoms with Crippen LogP contribution in [-0.2, 0) is 6.61 Å². The van der Waals surface area contributed by atoms with E-state index in [4.69, 9.17) is 27.3 Å². The minimum Gasteiger partial charge on any atom is -0.489 e. The molecule has 0 heterocycles. The number of rotatable bonds is 4. The fourth-order valence-electron chi connectivity index (χ4n) is 1.90. The maximum atomic E-state index is 13.3. The summed E-state index contributed by atoms with van der Waals surface area (Å²) in [6.07, 6.45) is 0. The molecule has 5 heteroatoms. The predicted molar refractivity (Wildman–Crippen MR) is 79.5 cm³/mol. The molecule has 2 aromatic rings. The fourth-order valence-corrected chi connectivity index (χ4v) is 2.13. The molecule has 0 saturated carbocycles. The first kappa shape index (κ1) is 15.3. The van der Waals surface area contributed by atoms with Crippen LogP contribution in [-0.4, -0.2) is 0 Å². The number of hydrogen-bond donors (Lipinski definition) is 1. The van der Waals surface area contributed by atoms with Crippen LogP contribution in [0.1, 0.15) is 29.7 Å². The van der Waals surface area contributed by atoms with Gasteiger partial charge in [0.15, 0.2) is 0 Å². The molecule has 0 aliphatic rings. The summed E-state index contributed by atoms with van der Waals surface area (Å²) in [5, 5.41) is 9.25. The van der Waals surface area contributed by atoms with Crippen molar-refractivity contribution >= 4 is 11.6 Å². The highest BCUT2D eigenvalue weighted by Gasteiger charge is 2.11. The van der Waals surface area contributed by atoms with E-state index in [-0.39, 0.29) is 18.5 Å². The van der Waals surface area contributed by atoms with Crippen molar-refractivity contribution in [2.45, 2.75) is 19.6 Å². The molecule has 0 unspecified atom stereocenters. The Hall–Kier alpha value is -2.09. The number of nitrogens with two attached hydrogens (primary N) is 1. The van der Waals surface area contributed by atoms with Crippen molar-refractivity contribution in [2.75, 3.05) is 0 Å². The Morgan fingerprint density at radius 2 is 2.10 bits per heavy atom. The SMILES string of the molecule is C[C@H](N)c1cc(F)ccc1OCc1ccc(C#N)cc1Cl. The molecule has 0 aromatic heterocycles. The lowest BCUT2D eigenvalue weighted by Gasteiger charge is -2.14. The van der Waals surface area contributed by atoms with Crippen LogP contribution >= 0.6 is 11.6 Å². The van der Waals surface area contributed by atoms with Gasteiger partial charge in [-0.05, 0) is 37.3 Å². The van der Waals surface area contributed by atoms with Crippen molar-refractivity contribution in [3.63, 3.8) is 0 Å². The summed E-state index contributed by atoms with van der Waals surface area (Å²) in [4.78, 5) is 0. The average Bonchev–Trinajstić information content (AvgIpc) is 2.46. The van der Waals surface area contributed by atoms with Crippen molar-refractivity contribution in [3.05, 3.63) is 63.9 Å². The fraction of sp³-hybridized carbons (Fsp3) is 0.188. The molecule has 0 bridgehead atoms. The summed E-state index contributed by atoms with van der Waals surface area (Å²) in [5.41, 5.74) is 7.64. The van der Waals surface area contributed by atoms with Crippen LogP contribution in [0.15, 0.2) is 36.4 Å². The maximum absolute atomic E-state index is 13.3. The molecule has 108 valence electrons. The zero-order valence-corrected chi connectivity index (χ0v) is 12.2. The van der Waals surface area contributed by atoms with E-state index in [0.717, 1.165) is 5.56 Å². The first-order valence-corrected chi connectivity index (χ1v) is 6.75. The van der Waals surface area contributed by atoms with E-state index in [2.05, 4.69) is 0 Å². The predicted octanol–water partition coefficient (Wildman–Crippen LogP) is 3.95. The maximum Gasteiger partial charge on any atom is 0.124 e. The van der Waals surface area contributed by atoms with E-state index in [1.807, 2.05) is 6.07 Å². The Labute approximate surface area is 127 Å². The summed E-state index contributed by atoms with van der Waals surface area (Å²) in [7, 11) is 0. The highest BCUT2D eigenvalue weighted by molar-refractivity contribution is 6.31. The third-order valence-corrected chi connectivity index (χ3v) is 3.38. The molecule has 3 nitrogen and oxygen atoms in total. The van der Waals surface area contributed by atoms with Crippen LogP contribution in [0, 0.1) is 17.1 Å². The Morgan fingerprint density at radius 1 is 1.33 bits per heavy atom. The number of nitrogens with zero attached hydrogens (tertiary/aromatic N) is 1. The molecule has 21 heavy (non-hydrogen) atoms. The summed E-state index contributed by atoms with van der Waals surface area (Å²) in [6.45, 7) is 1.98. The normalized spacial score (nSPS) is 11.8. The topological polar surface area (TPSA) is 59.0 Å². The van der Waals surface area contributed by atoms with E-state index in [0.29, 0.717) is 21.9 Å². The Kier molecular flexibility index (Phi) is 4.79. The molecule has 0 spiro atoms.